The van der Waals surface area contributed by atoms with Gasteiger partial charge in [-0.2, -0.15) is 5.10 Å². The van der Waals surface area contributed by atoms with Gasteiger partial charge in [0, 0.05) is 17.2 Å². The maximum Gasteiger partial charge on any atom is 0.240 e. The van der Waals surface area contributed by atoms with E-state index in [9.17, 15) is 9.59 Å². The molecule has 1 aliphatic heterocycles. The summed E-state index contributed by atoms with van der Waals surface area (Å²) in [5.41, 5.74) is 3.48. The van der Waals surface area contributed by atoms with Crippen molar-refractivity contribution in [1.29, 1.82) is 0 Å². The van der Waals surface area contributed by atoms with Crippen molar-refractivity contribution in [2.24, 2.45) is 0 Å². The van der Waals surface area contributed by atoms with Gasteiger partial charge in [0.15, 0.2) is 11.5 Å². The van der Waals surface area contributed by atoms with Gasteiger partial charge in [-0.25, -0.2) is 4.68 Å². The van der Waals surface area contributed by atoms with Gasteiger partial charge in [0.2, 0.25) is 11.8 Å². The average Bonchev–Trinajstić information content (AvgIpc) is 3.33. The van der Waals surface area contributed by atoms with E-state index in [0.717, 1.165) is 22.5 Å². The molecule has 0 saturated carbocycles. The van der Waals surface area contributed by atoms with Gasteiger partial charge >= 0.3 is 0 Å². The molecule has 4 aromatic rings. The predicted octanol–water partition coefficient (Wildman–Crippen LogP) is 5.72. The summed E-state index contributed by atoms with van der Waals surface area (Å²) in [7, 11) is 3.19. The maximum absolute atomic E-state index is 13.9. The van der Waals surface area contributed by atoms with E-state index in [2.05, 4.69) is 31.1 Å². The maximum atomic E-state index is 13.9. The molecular formula is C32H34ClN5O4S. The second kappa shape index (κ2) is 12.7. The number of carbonyl (C=O) groups excluding carboxylic acids is 2. The van der Waals surface area contributed by atoms with Crippen molar-refractivity contribution in [1.82, 2.24) is 20.1 Å². The van der Waals surface area contributed by atoms with E-state index in [1.165, 1.54) is 16.7 Å². The number of ether oxygens (including phenoxy) is 2. The highest BCUT2D eigenvalue weighted by Gasteiger charge is 2.40. The highest BCUT2D eigenvalue weighted by molar-refractivity contribution is 8.00. The molecule has 0 spiro atoms. The molecule has 43 heavy (non-hydrogen) atoms. The van der Waals surface area contributed by atoms with Gasteiger partial charge < -0.3 is 14.8 Å². The Labute approximate surface area is 260 Å². The number of halogens is 1. The third-order valence-corrected chi connectivity index (χ3v) is 8.66. The van der Waals surface area contributed by atoms with E-state index in [1.807, 2.05) is 54.6 Å². The number of anilines is 1. The molecule has 1 aliphatic rings. The molecule has 3 heterocycles. The van der Waals surface area contributed by atoms with E-state index in [0.29, 0.717) is 28.0 Å². The summed E-state index contributed by atoms with van der Waals surface area (Å²) in [6, 6.07) is 18.6. The number of benzene rings is 2. The van der Waals surface area contributed by atoms with E-state index in [4.69, 9.17) is 26.2 Å². The minimum atomic E-state index is -0.410. The molecule has 9 nitrogen and oxygen atoms in total. The normalized spacial score (nSPS) is 15.1. The van der Waals surface area contributed by atoms with Crippen molar-refractivity contribution in [2.75, 3.05) is 31.4 Å². The van der Waals surface area contributed by atoms with Crippen LogP contribution in [0.2, 0.25) is 5.02 Å². The smallest absolute Gasteiger partial charge is 0.240 e. The topological polar surface area (TPSA) is 98.6 Å². The Balaban J connectivity index is 1.68. The third-order valence-electron chi connectivity index (χ3n) is 7.08. The van der Waals surface area contributed by atoms with Crippen LogP contribution in [-0.4, -0.2) is 53.1 Å². The molecule has 0 bridgehead atoms. The summed E-state index contributed by atoms with van der Waals surface area (Å²) in [6.07, 6.45) is 1.67. The molecule has 0 unspecified atom stereocenters. The number of hydrogen-bond acceptors (Lipinski definition) is 7. The SMILES string of the molecule is COc1ccc([C@H]2SCC(=O)N(CC(=O)NCc3ccccn3)c3c2c(C(C)(C)C)nn3-c2ccccc2Cl)cc1OC. The number of rotatable bonds is 8. The molecule has 2 aromatic carbocycles. The number of para-hydroxylation sites is 1. The van der Waals surface area contributed by atoms with Gasteiger partial charge in [-0.3, -0.25) is 19.5 Å². The number of methoxy groups -OCH3 is 2. The molecule has 224 valence electrons. The first-order chi connectivity index (χ1) is 20.6. The Morgan fingerprint density at radius 3 is 2.49 bits per heavy atom. The predicted molar refractivity (Wildman–Crippen MR) is 170 cm³/mol. The van der Waals surface area contributed by atoms with Gasteiger partial charge in [-0.05, 0) is 42.0 Å². The molecule has 0 radical (unpaired) electrons. The van der Waals surface area contributed by atoms with Crippen LogP contribution in [-0.2, 0) is 21.5 Å². The summed E-state index contributed by atoms with van der Waals surface area (Å²) in [6.45, 7) is 6.30. The Morgan fingerprint density at radius 2 is 1.81 bits per heavy atom. The molecule has 2 amide bonds. The van der Waals surface area contributed by atoms with Crippen molar-refractivity contribution < 1.29 is 19.1 Å². The molecule has 11 heteroatoms. The van der Waals surface area contributed by atoms with E-state index >= 15 is 0 Å². The number of aromatic nitrogens is 3. The highest BCUT2D eigenvalue weighted by Crippen LogP contribution is 2.49. The zero-order valence-corrected chi connectivity index (χ0v) is 26.3. The third kappa shape index (κ3) is 6.35. The van der Waals surface area contributed by atoms with Gasteiger partial charge in [0.25, 0.3) is 0 Å². The highest BCUT2D eigenvalue weighted by atomic mass is 35.5. The van der Waals surface area contributed by atoms with Crippen LogP contribution in [0.5, 0.6) is 11.5 Å². The van der Waals surface area contributed by atoms with E-state index in [1.54, 1.807) is 31.2 Å². The van der Waals surface area contributed by atoms with Crippen molar-refractivity contribution in [2.45, 2.75) is 38.0 Å². The zero-order valence-electron chi connectivity index (χ0n) is 24.8. The van der Waals surface area contributed by atoms with Crippen molar-refractivity contribution >= 4 is 41.0 Å². The largest absolute Gasteiger partial charge is 0.493 e. The summed E-state index contributed by atoms with van der Waals surface area (Å²) in [5, 5.41) is 8.18. The lowest BCUT2D eigenvalue weighted by Gasteiger charge is -2.25. The van der Waals surface area contributed by atoms with E-state index < -0.39 is 5.41 Å². The lowest BCUT2D eigenvalue weighted by Crippen LogP contribution is -2.42. The number of carbonyl (C=O) groups is 2. The van der Waals surface area contributed by atoms with Crippen LogP contribution in [0.15, 0.2) is 66.9 Å². The monoisotopic (exact) mass is 619 g/mol. The first kappa shape index (κ1) is 30.4. The Kier molecular flexibility index (Phi) is 8.98. The number of hydrogen-bond donors (Lipinski definition) is 1. The summed E-state index contributed by atoms with van der Waals surface area (Å²) < 4.78 is 12.8. The van der Waals surface area contributed by atoms with E-state index in [-0.39, 0.29) is 35.9 Å². The van der Waals surface area contributed by atoms with Crippen LogP contribution < -0.4 is 19.7 Å². The number of pyridine rings is 1. The fourth-order valence-electron chi connectivity index (χ4n) is 5.04. The molecule has 0 aliphatic carbocycles. The second-order valence-electron chi connectivity index (χ2n) is 11.1. The Morgan fingerprint density at radius 1 is 1.07 bits per heavy atom. The molecule has 0 saturated heterocycles. The molecule has 1 atom stereocenters. The van der Waals surface area contributed by atoms with Crippen molar-refractivity contribution in [3.63, 3.8) is 0 Å². The standard InChI is InChI=1S/C32H34ClN5O4S/c1-32(2,3)30-28-29(20-13-14-24(41-4)25(16-20)42-5)43-19-27(40)37(18-26(39)35-17-21-10-8-9-15-34-21)31(28)38(36-30)23-12-7-6-11-22(23)33/h6-16,29H,17-19H2,1-5H3,(H,35,39)/t29-/m1/s1. The van der Waals surface area contributed by atoms with Gasteiger partial charge in [0.1, 0.15) is 12.4 Å². The van der Waals surface area contributed by atoms with Crippen molar-refractivity contribution in [3.05, 3.63) is 94.4 Å². The molecule has 2 aromatic heterocycles. The molecular weight excluding hydrogens is 586 g/mol. The van der Waals surface area contributed by atoms with Crippen LogP contribution >= 0.6 is 23.4 Å². The minimum Gasteiger partial charge on any atom is -0.493 e. The first-order valence-electron chi connectivity index (χ1n) is 13.8. The average molecular weight is 620 g/mol. The number of nitrogens with zero attached hydrogens (tertiary/aromatic N) is 4. The summed E-state index contributed by atoms with van der Waals surface area (Å²) >= 11 is 8.20. The van der Waals surface area contributed by atoms with Crippen LogP contribution in [0.25, 0.3) is 5.69 Å². The number of nitrogens with one attached hydrogen (secondary N) is 1. The Hall–Kier alpha value is -4.02. The fourth-order valence-corrected chi connectivity index (χ4v) is 6.44. The number of amides is 2. The lowest BCUT2D eigenvalue weighted by molar-refractivity contribution is -0.123. The van der Waals surface area contributed by atoms with Crippen LogP contribution in [0, 0.1) is 0 Å². The fraction of sp³-hybridized carbons (Fsp3) is 0.312. The number of fused-ring (bicyclic) bond motifs is 1. The first-order valence-corrected chi connectivity index (χ1v) is 15.2. The Bertz CT molecular complexity index is 1640. The minimum absolute atomic E-state index is 0.146. The molecule has 1 N–H and O–H groups in total. The zero-order chi connectivity index (χ0) is 30.7. The quantitative estimate of drug-likeness (QED) is 0.269. The summed E-state index contributed by atoms with van der Waals surface area (Å²) in [4.78, 5) is 33.1. The summed E-state index contributed by atoms with van der Waals surface area (Å²) in [5.74, 6) is 1.32. The van der Waals surface area contributed by atoms with Gasteiger partial charge in [-0.15, -0.1) is 11.8 Å². The van der Waals surface area contributed by atoms with Crippen LogP contribution in [0.1, 0.15) is 48.5 Å². The van der Waals surface area contributed by atoms with Crippen LogP contribution in [0.3, 0.4) is 0 Å². The second-order valence-corrected chi connectivity index (χ2v) is 12.6. The van der Waals surface area contributed by atoms with Crippen LogP contribution in [0.4, 0.5) is 5.82 Å². The van der Waals surface area contributed by atoms with Gasteiger partial charge in [-0.1, -0.05) is 56.6 Å². The molecule has 5 rings (SSSR count). The lowest BCUT2D eigenvalue weighted by atomic mass is 9.87. The van der Waals surface area contributed by atoms with Crippen molar-refractivity contribution in [3.8, 4) is 17.2 Å². The van der Waals surface area contributed by atoms with Gasteiger partial charge in [0.05, 0.1) is 53.9 Å². The molecule has 0 fully saturated rings. The number of thioether (sulfide) groups is 1.